The molecule has 1 N–H and O–H groups in total. The summed E-state index contributed by atoms with van der Waals surface area (Å²) in [4.78, 5) is 12.2. The van der Waals surface area contributed by atoms with E-state index in [4.69, 9.17) is 18.7 Å². The standard InChI is InChI=1S/C21H28N2O5/c1-14-18(15(2)28-23-14)7-9-21(24)22-12-16-6-8-19(20(11-16)25-3)27-13-17-5-4-10-26-17/h6,8,11,17H,4-5,7,9-10,12-13H2,1-3H3,(H,22,24). The highest BCUT2D eigenvalue weighted by molar-refractivity contribution is 5.76. The van der Waals surface area contributed by atoms with Gasteiger partial charge < -0.3 is 24.1 Å². The number of carbonyl (C=O) groups is 1. The average molecular weight is 388 g/mol. The van der Waals surface area contributed by atoms with Crippen LogP contribution in [0.15, 0.2) is 22.7 Å². The molecule has 1 aliphatic heterocycles. The summed E-state index contributed by atoms with van der Waals surface area (Å²) >= 11 is 0. The first-order valence-corrected chi connectivity index (χ1v) is 9.66. The topological polar surface area (TPSA) is 82.8 Å². The Bertz CT molecular complexity index is 777. The number of aromatic nitrogens is 1. The molecule has 1 saturated heterocycles. The molecule has 1 fully saturated rings. The minimum atomic E-state index is -0.0160. The Balaban J connectivity index is 1.48. The molecule has 1 unspecified atom stereocenters. The monoisotopic (exact) mass is 388 g/mol. The van der Waals surface area contributed by atoms with E-state index < -0.39 is 0 Å². The van der Waals surface area contributed by atoms with Crippen molar-refractivity contribution in [2.75, 3.05) is 20.3 Å². The highest BCUT2D eigenvalue weighted by Crippen LogP contribution is 2.29. The third kappa shape index (κ3) is 5.25. The Labute approximate surface area is 165 Å². The molecule has 0 bridgehead atoms. The van der Waals surface area contributed by atoms with E-state index in [0.29, 0.717) is 37.5 Å². The minimum Gasteiger partial charge on any atom is -0.493 e. The second-order valence-corrected chi connectivity index (χ2v) is 7.01. The van der Waals surface area contributed by atoms with Crippen LogP contribution >= 0.6 is 0 Å². The molecular weight excluding hydrogens is 360 g/mol. The van der Waals surface area contributed by atoms with Crippen molar-refractivity contribution in [2.24, 2.45) is 0 Å². The quantitative estimate of drug-likeness (QED) is 0.711. The molecule has 0 spiro atoms. The normalized spacial score (nSPS) is 16.2. The molecule has 0 radical (unpaired) electrons. The number of nitrogens with zero attached hydrogens (tertiary/aromatic N) is 1. The minimum absolute atomic E-state index is 0.0160. The summed E-state index contributed by atoms with van der Waals surface area (Å²) in [6, 6.07) is 5.69. The van der Waals surface area contributed by atoms with Gasteiger partial charge in [-0.1, -0.05) is 11.2 Å². The zero-order valence-corrected chi connectivity index (χ0v) is 16.7. The van der Waals surface area contributed by atoms with E-state index in [1.54, 1.807) is 7.11 Å². The summed E-state index contributed by atoms with van der Waals surface area (Å²) in [6.45, 7) is 5.51. The van der Waals surface area contributed by atoms with E-state index in [-0.39, 0.29) is 12.0 Å². The molecule has 7 heteroatoms. The van der Waals surface area contributed by atoms with Crippen molar-refractivity contribution in [1.29, 1.82) is 0 Å². The van der Waals surface area contributed by atoms with Crippen molar-refractivity contribution in [1.82, 2.24) is 10.5 Å². The predicted molar refractivity (Wildman–Crippen MR) is 104 cm³/mol. The Hall–Kier alpha value is -2.54. The fourth-order valence-electron chi connectivity index (χ4n) is 3.29. The van der Waals surface area contributed by atoms with Crippen LogP contribution in [0.5, 0.6) is 11.5 Å². The second-order valence-electron chi connectivity index (χ2n) is 7.01. The SMILES string of the molecule is COc1cc(CNC(=O)CCc2c(C)noc2C)ccc1OCC1CCCO1. The zero-order valence-electron chi connectivity index (χ0n) is 16.7. The summed E-state index contributed by atoms with van der Waals surface area (Å²) in [7, 11) is 1.61. The number of benzene rings is 1. The van der Waals surface area contributed by atoms with Gasteiger partial charge in [0.05, 0.1) is 18.9 Å². The smallest absolute Gasteiger partial charge is 0.220 e. The molecule has 1 aliphatic rings. The van der Waals surface area contributed by atoms with Crippen molar-refractivity contribution in [3.63, 3.8) is 0 Å². The van der Waals surface area contributed by atoms with E-state index in [9.17, 15) is 4.79 Å². The summed E-state index contributed by atoms with van der Waals surface area (Å²) in [5.41, 5.74) is 2.80. The number of ether oxygens (including phenoxy) is 3. The Morgan fingerprint density at radius 1 is 1.32 bits per heavy atom. The van der Waals surface area contributed by atoms with Gasteiger partial charge >= 0.3 is 0 Å². The first kappa shape index (κ1) is 20.2. The second kappa shape index (κ2) is 9.59. The van der Waals surface area contributed by atoms with Gasteiger partial charge in [-0.15, -0.1) is 0 Å². The summed E-state index contributed by atoms with van der Waals surface area (Å²) in [5.74, 6) is 2.10. The summed E-state index contributed by atoms with van der Waals surface area (Å²) in [5, 5.41) is 6.86. The number of methoxy groups -OCH3 is 1. The van der Waals surface area contributed by atoms with Crippen molar-refractivity contribution < 1.29 is 23.5 Å². The molecule has 0 saturated carbocycles. The van der Waals surface area contributed by atoms with Gasteiger partial charge in [-0.3, -0.25) is 4.79 Å². The maximum Gasteiger partial charge on any atom is 0.220 e. The van der Waals surface area contributed by atoms with E-state index in [1.165, 1.54) is 0 Å². The van der Waals surface area contributed by atoms with E-state index in [0.717, 1.165) is 42.0 Å². The molecule has 1 aromatic heterocycles. The predicted octanol–water partition coefficient (Wildman–Crippen LogP) is 3.11. The Morgan fingerprint density at radius 2 is 2.18 bits per heavy atom. The molecule has 0 aliphatic carbocycles. The van der Waals surface area contributed by atoms with Gasteiger partial charge in [0, 0.05) is 25.1 Å². The number of hydrogen-bond donors (Lipinski definition) is 1. The van der Waals surface area contributed by atoms with Crippen LogP contribution in [-0.2, 0) is 22.5 Å². The largest absolute Gasteiger partial charge is 0.493 e. The molecule has 152 valence electrons. The van der Waals surface area contributed by atoms with Gasteiger partial charge in [-0.05, 0) is 50.8 Å². The first-order chi connectivity index (χ1) is 13.6. The maximum atomic E-state index is 12.2. The highest BCUT2D eigenvalue weighted by Gasteiger charge is 2.17. The molecule has 1 amide bonds. The van der Waals surface area contributed by atoms with Crippen LogP contribution in [0, 0.1) is 13.8 Å². The molecule has 3 rings (SSSR count). The third-order valence-electron chi connectivity index (χ3n) is 4.95. The van der Waals surface area contributed by atoms with Crippen LogP contribution in [0.4, 0.5) is 0 Å². The number of rotatable bonds is 9. The van der Waals surface area contributed by atoms with Crippen LogP contribution in [0.25, 0.3) is 0 Å². The summed E-state index contributed by atoms with van der Waals surface area (Å²) < 4.78 is 22.0. The highest BCUT2D eigenvalue weighted by atomic mass is 16.5. The molecule has 1 atom stereocenters. The van der Waals surface area contributed by atoms with Crippen LogP contribution in [0.3, 0.4) is 0 Å². The van der Waals surface area contributed by atoms with E-state index in [1.807, 2.05) is 32.0 Å². The fraction of sp³-hybridized carbons (Fsp3) is 0.524. The third-order valence-corrected chi connectivity index (χ3v) is 4.95. The lowest BCUT2D eigenvalue weighted by Gasteiger charge is -2.15. The van der Waals surface area contributed by atoms with Gasteiger partial charge in [0.15, 0.2) is 11.5 Å². The van der Waals surface area contributed by atoms with Crippen LogP contribution in [0.1, 0.15) is 41.8 Å². The van der Waals surface area contributed by atoms with E-state index in [2.05, 4.69) is 10.5 Å². The number of amides is 1. The lowest BCUT2D eigenvalue weighted by Crippen LogP contribution is -2.23. The van der Waals surface area contributed by atoms with Crippen molar-refractivity contribution in [3.8, 4) is 11.5 Å². The molecule has 1 aromatic carbocycles. The van der Waals surface area contributed by atoms with Crippen LogP contribution in [0.2, 0.25) is 0 Å². The molecule has 28 heavy (non-hydrogen) atoms. The van der Waals surface area contributed by atoms with Crippen molar-refractivity contribution >= 4 is 5.91 Å². The van der Waals surface area contributed by atoms with Crippen molar-refractivity contribution in [2.45, 2.75) is 52.2 Å². The lowest BCUT2D eigenvalue weighted by atomic mass is 10.1. The van der Waals surface area contributed by atoms with Crippen LogP contribution < -0.4 is 14.8 Å². The molecule has 2 heterocycles. The number of aryl methyl sites for hydroxylation is 2. The van der Waals surface area contributed by atoms with E-state index >= 15 is 0 Å². The molecule has 7 nitrogen and oxygen atoms in total. The fourth-order valence-corrected chi connectivity index (χ4v) is 3.29. The van der Waals surface area contributed by atoms with Gasteiger partial charge in [-0.25, -0.2) is 0 Å². The lowest BCUT2D eigenvalue weighted by molar-refractivity contribution is -0.121. The molecular formula is C21H28N2O5. The van der Waals surface area contributed by atoms with Gasteiger partial charge in [0.25, 0.3) is 0 Å². The number of carbonyl (C=O) groups excluding carboxylic acids is 1. The van der Waals surface area contributed by atoms with Crippen LogP contribution in [-0.4, -0.2) is 37.5 Å². The number of hydrogen-bond acceptors (Lipinski definition) is 6. The van der Waals surface area contributed by atoms with Gasteiger partial charge in [-0.2, -0.15) is 0 Å². The van der Waals surface area contributed by atoms with Gasteiger partial charge in [0.1, 0.15) is 12.4 Å². The summed E-state index contributed by atoms with van der Waals surface area (Å²) in [6.07, 6.45) is 3.27. The van der Waals surface area contributed by atoms with Gasteiger partial charge in [0.2, 0.25) is 5.91 Å². The maximum absolute atomic E-state index is 12.2. The average Bonchev–Trinajstić information content (AvgIpc) is 3.33. The zero-order chi connectivity index (χ0) is 19.9. The number of nitrogens with one attached hydrogen (secondary N) is 1. The Kier molecular flexibility index (Phi) is 6.92. The first-order valence-electron chi connectivity index (χ1n) is 9.66. The van der Waals surface area contributed by atoms with Crippen molar-refractivity contribution in [3.05, 3.63) is 40.8 Å². The Morgan fingerprint density at radius 3 is 2.86 bits per heavy atom. The molecule has 2 aromatic rings.